The van der Waals surface area contributed by atoms with E-state index in [4.69, 9.17) is 4.74 Å². The summed E-state index contributed by atoms with van der Waals surface area (Å²) in [6.45, 7) is 2.81. The zero-order valence-corrected chi connectivity index (χ0v) is 11.2. The molecule has 1 N–H and O–H groups in total. The first-order valence-corrected chi connectivity index (χ1v) is 6.45. The van der Waals surface area contributed by atoms with Crippen molar-refractivity contribution in [3.8, 4) is 5.75 Å². The van der Waals surface area contributed by atoms with Crippen molar-refractivity contribution in [2.45, 2.75) is 13.5 Å². The summed E-state index contributed by atoms with van der Waals surface area (Å²) < 4.78 is 18.5. The molecule has 0 spiro atoms. The van der Waals surface area contributed by atoms with Crippen LogP contribution in [0.3, 0.4) is 0 Å². The van der Waals surface area contributed by atoms with Gasteiger partial charge in [-0.05, 0) is 31.2 Å². The van der Waals surface area contributed by atoms with Gasteiger partial charge in [0.1, 0.15) is 11.6 Å². The summed E-state index contributed by atoms with van der Waals surface area (Å²) in [6, 6.07) is 13.1. The van der Waals surface area contributed by atoms with Crippen LogP contribution in [0.1, 0.15) is 22.8 Å². The van der Waals surface area contributed by atoms with Crippen LogP contribution in [0.15, 0.2) is 48.5 Å². The number of benzene rings is 2. The van der Waals surface area contributed by atoms with Crippen LogP contribution < -0.4 is 10.1 Å². The second-order valence-corrected chi connectivity index (χ2v) is 4.23. The number of amides is 1. The summed E-state index contributed by atoms with van der Waals surface area (Å²) in [5.41, 5.74) is 1.19. The maximum Gasteiger partial charge on any atom is 0.251 e. The lowest BCUT2D eigenvalue weighted by atomic mass is 10.1. The Hall–Kier alpha value is -2.36. The number of hydrogen-bond donors (Lipinski definition) is 1. The van der Waals surface area contributed by atoms with Gasteiger partial charge in [0.15, 0.2) is 0 Å². The third kappa shape index (κ3) is 3.57. The molecule has 0 radical (unpaired) electrons. The molecule has 4 heteroatoms. The number of nitrogens with one attached hydrogen (secondary N) is 1. The van der Waals surface area contributed by atoms with Crippen molar-refractivity contribution in [3.05, 3.63) is 65.5 Å². The van der Waals surface area contributed by atoms with Crippen LogP contribution in [0.4, 0.5) is 4.39 Å². The standard InChI is InChI=1S/C16H16FNO2/c1-2-20-15-9-4-3-6-13(15)11-18-16(19)12-7-5-8-14(17)10-12/h3-10H,2,11H2,1H3,(H,18,19). The molecule has 0 aromatic heterocycles. The summed E-state index contributed by atoms with van der Waals surface area (Å²) in [5.74, 6) is 0.0118. The molecule has 2 aromatic carbocycles. The first kappa shape index (κ1) is 14.1. The van der Waals surface area contributed by atoms with E-state index in [1.165, 1.54) is 18.2 Å². The quantitative estimate of drug-likeness (QED) is 0.908. The molecule has 3 nitrogen and oxygen atoms in total. The lowest BCUT2D eigenvalue weighted by molar-refractivity contribution is 0.0950. The second kappa shape index (κ2) is 6.70. The lowest BCUT2D eigenvalue weighted by Crippen LogP contribution is -2.23. The Bertz CT molecular complexity index is 599. The van der Waals surface area contributed by atoms with Gasteiger partial charge in [-0.2, -0.15) is 0 Å². The van der Waals surface area contributed by atoms with E-state index >= 15 is 0 Å². The van der Waals surface area contributed by atoms with Crippen LogP contribution in [0.25, 0.3) is 0 Å². The van der Waals surface area contributed by atoms with Crippen LogP contribution in [0.5, 0.6) is 5.75 Å². The predicted octanol–water partition coefficient (Wildman–Crippen LogP) is 3.15. The fraction of sp³-hybridized carbons (Fsp3) is 0.188. The van der Waals surface area contributed by atoms with E-state index in [9.17, 15) is 9.18 Å². The third-order valence-electron chi connectivity index (χ3n) is 2.80. The fourth-order valence-electron chi connectivity index (χ4n) is 1.85. The fourth-order valence-corrected chi connectivity index (χ4v) is 1.85. The van der Waals surface area contributed by atoms with Gasteiger partial charge in [0.05, 0.1) is 6.61 Å². The van der Waals surface area contributed by atoms with Crippen LogP contribution in [-0.4, -0.2) is 12.5 Å². The largest absolute Gasteiger partial charge is 0.494 e. The van der Waals surface area contributed by atoms with Gasteiger partial charge in [-0.25, -0.2) is 4.39 Å². The molecule has 0 aliphatic rings. The summed E-state index contributed by atoms with van der Waals surface area (Å²) in [4.78, 5) is 11.9. The van der Waals surface area contributed by atoms with Crippen LogP contribution in [-0.2, 0) is 6.54 Å². The van der Waals surface area contributed by atoms with Crippen molar-refractivity contribution in [2.75, 3.05) is 6.61 Å². The zero-order valence-electron chi connectivity index (χ0n) is 11.2. The minimum absolute atomic E-state index is 0.305. The van der Waals surface area contributed by atoms with Gasteiger partial charge in [0, 0.05) is 17.7 Å². The highest BCUT2D eigenvalue weighted by atomic mass is 19.1. The van der Waals surface area contributed by atoms with Gasteiger partial charge in [-0.1, -0.05) is 24.3 Å². The Balaban J connectivity index is 2.03. The average Bonchev–Trinajstić information content (AvgIpc) is 2.46. The van der Waals surface area contributed by atoms with Gasteiger partial charge in [0.25, 0.3) is 5.91 Å². The normalized spacial score (nSPS) is 10.1. The predicted molar refractivity (Wildman–Crippen MR) is 75.2 cm³/mol. The molecule has 0 saturated carbocycles. The van der Waals surface area contributed by atoms with Gasteiger partial charge in [0.2, 0.25) is 0 Å². The molecule has 0 bridgehead atoms. The summed E-state index contributed by atoms with van der Waals surface area (Å²) in [5, 5.41) is 2.76. The Morgan fingerprint density at radius 1 is 1.20 bits per heavy atom. The van der Waals surface area contributed by atoms with Gasteiger partial charge in [-0.15, -0.1) is 0 Å². The highest BCUT2D eigenvalue weighted by molar-refractivity contribution is 5.94. The molecule has 1 amide bonds. The summed E-state index contributed by atoms with van der Waals surface area (Å²) in [7, 11) is 0. The number of hydrogen-bond acceptors (Lipinski definition) is 2. The Morgan fingerprint density at radius 3 is 2.75 bits per heavy atom. The molecule has 20 heavy (non-hydrogen) atoms. The maximum atomic E-state index is 13.1. The van der Waals surface area contributed by atoms with Crippen LogP contribution >= 0.6 is 0 Å². The number of para-hydroxylation sites is 1. The second-order valence-electron chi connectivity index (χ2n) is 4.23. The summed E-state index contributed by atoms with van der Waals surface area (Å²) in [6.07, 6.45) is 0. The third-order valence-corrected chi connectivity index (χ3v) is 2.80. The van der Waals surface area contributed by atoms with E-state index in [0.29, 0.717) is 18.7 Å². The Morgan fingerprint density at radius 2 is 2.00 bits per heavy atom. The van der Waals surface area contributed by atoms with E-state index in [1.54, 1.807) is 6.07 Å². The minimum atomic E-state index is -0.424. The van der Waals surface area contributed by atoms with E-state index < -0.39 is 5.82 Å². The van der Waals surface area contributed by atoms with Crippen LogP contribution in [0.2, 0.25) is 0 Å². The van der Waals surface area contributed by atoms with E-state index in [1.807, 2.05) is 31.2 Å². The highest BCUT2D eigenvalue weighted by Gasteiger charge is 2.08. The number of rotatable bonds is 5. The monoisotopic (exact) mass is 273 g/mol. The number of carbonyl (C=O) groups is 1. The SMILES string of the molecule is CCOc1ccccc1CNC(=O)c1cccc(F)c1. The van der Waals surface area contributed by atoms with Crippen molar-refractivity contribution < 1.29 is 13.9 Å². The molecule has 0 fully saturated rings. The number of halogens is 1. The van der Waals surface area contributed by atoms with E-state index in [2.05, 4.69) is 5.32 Å². The smallest absolute Gasteiger partial charge is 0.251 e. The maximum absolute atomic E-state index is 13.1. The van der Waals surface area contributed by atoms with E-state index in [0.717, 1.165) is 11.3 Å². The Labute approximate surface area is 117 Å². The summed E-state index contributed by atoms with van der Waals surface area (Å²) >= 11 is 0. The highest BCUT2D eigenvalue weighted by Crippen LogP contribution is 2.17. The van der Waals surface area contributed by atoms with Crippen molar-refractivity contribution in [1.82, 2.24) is 5.32 Å². The van der Waals surface area contributed by atoms with Crippen LogP contribution in [0, 0.1) is 5.82 Å². The molecule has 0 aliphatic heterocycles. The first-order chi connectivity index (χ1) is 9.70. The van der Waals surface area contributed by atoms with Gasteiger partial charge in [-0.3, -0.25) is 4.79 Å². The minimum Gasteiger partial charge on any atom is -0.494 e. The van der Waals surface area contributed by atoms with Gasteiger partial charge < -0.3 is 10.1 Å². The molecule has 2 aromatic rings. The van der Waals surface area contributed by atoms with Crippen molar-refractivity contribution in [3.63, 3.8) is 0 Å². The molecule has 0 atom stereocenters. The topological polar surface area (TPSA) is 38.3 Å². The van der Waals surface area contributed by atoms with Gasteiger partial charge >= 0.3 is 0 Å². The molecular weight excluding hydrogens is 257 g/mol. The molecule has 0 saturated heterocycles. The number of carbonyl (C=O) groups excluding carboxylic acids is 1. The molecule has 2 rings (SSSR count). The molecule has 0 unspecified atom stereocenters. The zero-order chi connectivity index (χ0) is 14.4. The molecule has 0 aliphatic carbocycles. The molecule has 104 valence electrons. The average molecular weight is 273 g/mol. The Kier molecular flexibility index (Phi) is 4.71. The van der Waals surface area contributed by atoms with Crippen molar-refractivity contribution >= 4 is 5.91 Å². The van der Waals surface area contributed by atoms with Crippen molar-refractivity contribution in [1.29, 1.82) is 0 Å². The molecular formula is C16H16FNO2. The number of ether oxygens (including phenoxy) is 1. The first-order valence-electron chi connectivity index (χ1n) is 6.45. The van der Waals surface area contributed by atoms with E-state index in [-0.39, 0.29) is 5.91 Å². The molecule has 0 heterocycles. The lowest BCUT2D eigenvalue weighted by Gasteiger charge is -2.11. The van der Waals surface area contributed by atoms with Crippen molar-refractivity contribution in [2.24, 2.45) is 0 Å².